The van der Waals surface area contributed by atoms with Gasteiger partial charge in [0.2, 0.25) is 6.41 Å². The van der Waals surface area contributed by atoms with Crippen molar-refractivity contribution < 1.29 is 14.9 Å². The molecule has 0 saturated carbocycles. The molecule has 7 nitrogen and oxygen atoms in total. The zero-order valence-electron chi connectivity index (χ0n) is 9.91. The predicted octanol–water partition coefficient (Wildman–Crippen LogP) is 0.214. The highest BCUT2D eigenvalue weighted by atomic mass is 79.9. The maximum absolute atomic E-state index is 11.5. The maximum Gasteiger partial charge on any atom is 0.353 e. The number of halogens is 1. The van der Waals surface area contributed by atoms with Crippen molar-refractivity contribution in [3.8, 4) is 0 Å². The van der Waals surface area contributed by atoms with Crippen LogP contribution in [0.25, 0.3) is 0 Å². The second kappa shape index (κ2) is 6.83. The summed E-state index contributed by atoms with van der Waals surface area (Å²) >= 11 is 3.11. The van der Waals surface area contributed by atoms with Gasteiger partial charge in [-0.3, -0.25) is 0 Å². The number of aromatic nitrogens is 2. The summed E-state index contributed by atoms with van der Waals surface area (Å²) in [5.74, 6) is 0.0471. The third-order valence-electron chi connectivity index (χ3n) is 2.39. The summed E-state index contributed by atoms with van der Waals surface area (Å²) in [6.07, 6.45) is 0.495. The van der Waals surface area contributed by atoms with Crippen LogP contribution in [0.4, 0.5) is 5.82 Å². The van der Waals surface area contributed by atoms with E-state index >= 15 is 0 Å². The van der Waals surface area contributed by atoms with E-state index in [0.29, 0.717) is 17.3 Å². The van der Waals surface area contributed by atoms with E-state index in [1.807, 2.05) is 6.92 Å². The number of rotatable bonds is 6. The van der Waals surface area contributed by atoms with Gasteiger partial charge in [-0.05, 0) is 28.8 Å². The minimum atomic E-state index is -1.46. The Morgan fingerprint density at radius 2 is 2.33 bits per heavy atom. The molecule has 102 valence electrons. The molecule has 0 amide bonds. The van der Waals surface area contributed by atoms with Crippen LogP contribution in [0.1, 0.15) is 26.2 Å². The first-order valence-corrected chi connectivity index (χ1v) is 6.27. The van der Waals surface area contributed by atoms with E-state index < -0.39 is 12.1 Å². The number of aliphatic hydroxyl groups is 2. The van der Waals surface area contributed by atoms with Crippen LogP contribution in [-0.4, -0.2) is 32.5 Å². The SMILES string of the molecule is CCC(CCO)O[C@H](O)n1cc(Br)c(N)nc1=O. The molecule has 1 heterocycles. The van der Waals surface area contributed by atoms with Gasteiger partial charge in [0.1, 0.15) is 5.82 Å². The first-order chi connectivity index (χ1) is 8.49. The number of nitrogens with two attached hydrogens (primary N) is 1. The predicted molar refractivity (Wildman–Crippen MR) is 68.7 cm³/mol. The molecule has 1 aromatic heterocycles. The smallest absolute Gasteiger partial charge is 0.353 e. The van der Waals surface area contributed by atoms with Crippen LogP contribution < -0.4 is 11.4 Å². The summed E-state index contributed by atoms with van der Waals surface area (Å²) in [6, 6.07) is 0. The van der Waals surface area contributed by atoms with Gasteiger partial charge in [0.05, 0.1) is 10.6 Å². The highest BCUT2D eigenvalue weighted by Crippen LogP contribution is 2.17. The molecule has 2 atom stereocenters. The number of ether oxygens (including phenoxy) is 1. The van der Waals surface area contributed by atoms with Crippen molar-refractivity contribution >= 4 is 21.7 Å². The number of hydrogen-bond acceptors (Lipinski definition) is 6. The Bertz CT molecular complexity index is 451. The third-order valence-corrected chi connectivity index (χ3v) is 3.00. The van der Waals surface area contributed by atoms with Crippen LogP contribution >= 0.6 is 15.9 Å². The molecule has 0 radical (unpaired) electrons. The Balaban J connectivity index is 2.87. The second-order valence-corrected chi connectivity index (χ2v) is 4.52. The first-order valence-electron chi connectivity index (χ1n) is 5.48. The summed E-state index contributed by atoms with van der Waals surface area (Å²) in [5.41, 5.74) is 4.73. The van der Waals surface area contributed by atoms with Crippen molar-refractivity contribution in [2.75, 3.05) is 12.3 Å². The van der Waals surface area contributed by atoms with Gasteiger partial charge in [-0.1, -0.05) is 6.92 Å². The highest BCUT2D eigenvalue weighted by molar-refractivity contribution is 9.10. The van der Waals surface area contributed by atoms with E-state index in [9.17, 15) is 9.90 Å². The van der Waals surface area contributed by atoms with Crippen LogP contribution in [0.3, 0.4) is 0 Å². The standard InChI is InChI=1S/C10H16BrN3O4/c1-2-6(3-4-15)18-10(17)14-5-7(11)8(12)13-9(14)16/h5-6,10,15,17H,2-4H2,1H3,(H2,12,13,16)/t6?,10-/m0/s1. The molecule has 0 fully saturated rings. The van der Waals surface area contributed by atoms with Gasteiger partial charge >= 0.3 is 5.69 Å². The molecule has 0 spiro atoms. The van der Waals surface area contributed by atoms with Crippen molar-refractivity contribution in [1.29, 1.82) is 0 Å². The minimum absolute atomic E-state index is 0.0471. The van der Waals surface area contributed by atoms with Crippen LogP contribution in [0, 0.1) is 0 Å². The van der Waals surface area contributed by atoms with Crippen LogP contribution in [0.5, 0.6) is 0 Å². The molecular weight excluding hydrogens is 306 g/mol. The summed E-state index contributed by atoms with van der Waals surface area (Å²) in [6.45, 7) is 1.80. The second-order valence-electron chi connectivity index (χ2n) is 3.67. The van der Waals surface area contributed by atoms with Crippen molar-refractivity contribution in [1.82, 2.24) is 9.55 Å². The largest absolute Gasteiger partial charge is 0.396 e. The van der Waals surface area contributed by atoms with Gasteiger partial charge in [-0.25, -0.2) is 9.36 Å². The Hall–Kier alpha value is -0.960. The van der Waals surface area contributed by atoms with Crippen molar-refractivity contribution in [2.45, 2.75) is 32.3 Å². The van der Waals surface area contributed by atoms with Crippen molar-refractivity contribution in [3.05, 3.63) is 21.2 Å². The fourth-order valence-corrected chi connectivity index (χ4v) is 1.68. The fourth-order valence-electron chi connectivity index (χ4n) is 1.37. The van der Waals surface area contributed by atoms with Crippen LogP contribution in [-0.2, 0) is 4.74 Å². The van der Waals surface area contributed by atoms with E-state index in [1.165, 1.54) is 6.20 Å². The van der Waals surface area contributed by atoms with Gasteiger partial charge in [0.25, 0.3) is 0 Å². The molecule has 1 unspecified atom stereocenters. The summed E-state index contributed by atoms with van der Waals surface area (Å²) in [4.78, 5) is 15.0. The normalized spacial score (nSPS) is 14.4. The van der Waals surface area contributed by atoms with Gasteiger partial charge in [-0.2, -0.15) is 4.98 Å². The Morgan fingerprint density at radius 3 is 2.89 bits per heavy atom. The Labute approximate surface area is 112 Å². The number of aliphatic hydroxyl groups excluding tert-OH is 2. The van der Waals surface area contributed by atoms with E-state index in [0.717, 1.165) is 4.57 Å². The summed E-state index contributed by atoms with van der Waals surface area (Å²) in [7, 11) is 0. The molecule has 0 aliphatic carbocycles. The molecule has 4 N–H and O–H groups in total. The monoisotopic (exact) mass is 321 g/mol. The van der Waals surface area contributed by atoms with Crippen LogP contribution in [0.15, 0.2) is 15.5 Å². The summed E-state index contributed by atoms with van der Waals surface area (Å²) in [5, 5.41) is 18.6. The van der Waals surface area contributed by atoms with Gasteiger partial charge in [0.15, 0.2) is 0 Å². The van der Waals surface area contributed by atoms with Crippen LogP contribution in [0.2, 0.25) is 0 Å². The molecular formula is C10H16BrN3O4. The lowest BCUT2D eigenvalue weighted by Crippen LogP contribution is -2.31. The minimum Gasteiger partial charge on any atom is -0.396 e. The van der Waals surface area contributed by atoms with Crippen molar-refractivity contribution in [2.24, 2.45) is 0 Å². The Kier molecular flexibility index (Phi) is 5.73. The molecule has 0 bridgehead atoms. The maximum atomic E-state index is 11.5. The third kappa shape index (κ3) is 3.77. The number of hydrogen-bond donors (Lipinski definition) is 3. The summed E-state index contributed by atoms with van der Waals surface area (Å²) < 4.78 is 6.56. The molecule has 1 aromatic rings. The molecule has 0 aromatic carbocycles. The lowest BCUT2D eigenvalue weighted by atomic mass is 10.2. The van der Waals surface area contributed by atoms with Gasteiger partial charge in [0, 0.05) is 12.8 Å². The molecule has 0 aliphatic heterocycles. The lowest BCUT2D eigenvalue weighted by molar-refractivity contribution is -0.189. The Morgan fingerprint density at radius 1 is 1.67 bits per heavy atom. The fraction of sp³-hybridized carbons (Fsp3) is 0.600. The lowest BCUT2D eigenvalue weighted by Gasteiger charge is -2.21. The quantitative estimate of drug-likeness (QED) is 0.646. The molecule has 8 heteroatoms. The average molecular weight is 322 g/mol. The van der Waals surface area contributed by atoms with Gasteiger partial charge in [-0.15, -0.1) is 0 Å². The zero-order chi connectivity index (χ0) is 13.7. The molecule has 0 saturated heterocycles. The van der Waals surface area contributed by atoms with E-state index in [-0.39, 0.29) is 18.5 Å². The number of nitrogens with zero attached hydrogens (tertiary/aromatic N) is 2. The molecule has 18 heavy (non-hydrogen) atoms. The first kappa shape index (κ1) is 15.1. The van der Waals surface area contributed by atoms with E-state index in [4.69, 9.17) is 15.6 Å². The zero-order valence-corrected chi connectivity index (χ0v) is 11.5. The van der Waals surface area contributed by atoms with E-state index in [2.05, 4.69) is 20.9 Å². The van der Waals surface area contributed by atoms with Crippen molar-refractivity contribution in [3.63, 3.8) is 0 Å². The highest BCUT2D eigenvalue weighted by Gasteiger charge is 2.16. The molecule has 0 aliphatic rings. The average Bonchev–Trinajstić information content (AvgIpc) is 2.33. The van der Waals surface area contributed by atoms with E-state index in [1.54, 1.807) is 0 Å². The topological polar surface area (TPSA) is 111 Å². The number of nitrogen functional groups attached to an aromatic ring is 1. The number of anilines is 1. The molecule has 1 rings (SSSR count). The van der Waals surface area contributed by atoms with Gasteiger partial charge < -0.3 is 20.7 Å².